The number of unbranched alkanes of at least 4 members (excludes halogenated alkanes) is 14. The molecule has 1 atom stereocenters. The van der Waals surface area contributed by atoms with Crippen molar-refractivity contribution in [2.75, 3.05) is 33.0 Å². The molecule has 0 heterocycles. The molecule has 176 valence electrons. The van der Waals surface area contributed by atoms with Gasteiger partial charge in [0.25, 0.3) is 0 Å². The summed E-state index contributed by atoms with van der Waals surface area (Å²) in [5.41, 5.74) is -0.755. The summed E-state index contributed by atoms with van der Waals surface area (Å²) >= 11 is 0. The van der Waals surface area contributed by atoms with Gasteiger partial charge in [0.15, 0.2) is 0 Å². The van der Waals surface area contributed by atoms with Crippen molar-refractivity contribution in [1.29, 1.82) is 0 Å². The van der Waals surface area contributed by atoms with E-state index in [-0.39, 0.29) is 13.2 Å². The maximum absolute atomic E-state index is 9.88. The molecule has 0 amide bonds. The molecular formula is C24H51NO4. The molecule has 0 aliphatic heterocycles. The smallest absolute Gasteiger partial charge is 0.0897 e. The van der Waals surface area contributed by atoms with E-state index in [0.29, 0.717) is 19.8 Å². The van der Waals surface area contributed by atoms with Crippen LogP contribution in [0.15, 0.2) is 0 Å². The minimum absolute atomic E-state index is 0.170. The third-order valence-corrected chi connectivity index (χ3v) is 5.66. The van der Waals surface area contributed by atoms with Gasteiger partial charge in [0.05, 0.1) is 31.5 Å². The minimum Gasteiger partial charge on any atom is -0.394 e. The number of β-amino-alcohol motifs (C(OH)–C–C–N with tert-alkyl or cyclic N) is 1. The maximum Gasteiger partial charge on any atom is 0.0897 e. The van der Waals surface area contributed by atoms with Crippen molar-refractivity contribution in [2.45, 2.75) is 122 Å². The lowest BCUT2D eigenvalue weighted by Gasteiger charge is -2.27. The van der Waals surface area contributed by atoms with Crippen molar-refractivity contribution in [3.8, 4) is 0 Å². The van der Waals surface area contributed by atoms with E-state index in [4.69, 9.17) is 4.74 Å². The molecule has 0 aromatic rings. The van der Waals surface area contributed by atoms with Crippen LogP contribution in [0.2, 0.25) is 0 Å². The lowest BCUT2D eigenvalue weighted by molar-refractivity contribution is 0.0236. The molecule has 0 aromatic carbocycles. The number of ether oxygens (including phenoxy) is 1. The Hall–Kier alpha value is -0.200. The Labute approximate surface area is 180 Å². The van der Waals surface area contributed by atoms with Crippen LogP contribution in [0.4, 0.5) is 0 Å². The Morgan fingerprint density at radius 3 is 1.55 bits per heavy atom. The second-order valence-electron chi connectivity index (χ2n) is 8.94. The second-order valence-corrected chi connectivity index (χ2v) is 8.94. The molecular weight excluding hydrogens is 366 g/mol. The molecule has 4 N–H and O–H groups in total. The van der Waals surface area contributed by atoms with Crippen LogP contribution in [0, 0.1) is 0 Å². The first-order chi connectivity index (χ1) is 14.1. The fraction of sp³-hybridized carbons (Fsp3) is 1.00. The SMILES string of the molecule is CCCCCCCCCCCCCCCCCOCC(O)CNC(C)(CO)CO. The zero-order valence-electron chi connectivity index (χ0n) is 19.5. The molecule has 0 rings (SSSR count). The normalized spacial score (nSPS) is 13.1. The highest BCUT2D eigenvalue weighted by Gasteiger charge is 2.22. The Bertz CT molecular complexity index is 324. The van der Waals surface area contributed by atoms with Crippen LogP contribution in [0.25, 0.3) is 0 Å². The van der Waals surface area contributed by atoms with Gasteiger partial charge in [-0.3, -0.25) is 0 Å². The standard InChI is InChI=1S/C24H51NO4/c1-3-4-5-6-7-8-9-10-11-12-13-14-15-16-17-18-29-20-23(28)19-25-24(2,21-26)22-27/h23,25-28H,3-22H2,1-2H3. The lowest BCUT2D eigenvalue weighted by Crippen LogP contribution is -2.52. The van der Waals surface area contributed by atoms with E-state index >= 15 is 0 Å². The van der Waals surface area contributed by atoms with Crippen LogP contribution >= 0.6 is 0 Å². The second kappa shape index (κ2) is 21.0. The van der Waals surface area contributed by atoms with Crippen LogP contribution in [-0.4, -0.2) is 59.9 Å². The Balaban J connectivity index is 3.24. The highest BCUT2D eigenvalue weighted by atomic mass is 16.5. The topological polar surface area (TPSA) is 82.0 Å². The van der Waals surface area contributed by atoms with Gasteiger partial charge in [-0.1, -0.05) is 96.8 Å². The molecule has 0 aliphatic carbocycles. The third-order valence-electron chi connectivity index (χ3n) is 5.66. The summed E-state index contributed by atoms with van der Waals surface area (Å²) in [6.45, 7) is 4.93. The fourth-order valence-corrected chi connectivity index (χ4v) is 3.38. The fourth-order valence-electron chi connectivity index (χ4n) is 3.38. The van der Waals surface area contributed by atoms with Gasteiger partial charge in [-0.25, -0.2) is 0 Å². The number of hydrogen-bond acceptors (Lipinski definition) is 5. The first-order valence-corrected chi connectivity index (χ1v) is 12.3. The van der Waals surface area contributed by atoms with E-state index in [2.05, 4.69) is 12.2 Å². The Morgan fingerprint density at radius 2 is 1.14 bits per heavy atom. The Kier molecular flexibility index (Phi) is 20.9. The van der Waals surface area contributed by atoms with Crippen LogP contribution in [0.5, 0.6) is 0 Å². The molecule has 29 heavy (non-hydrogen) atoms. The maximum atomic E-state index is 9.88. The molecule has 0 spiro atoms. The van der Waals surface area contributed by atoms with Gasteiger partial charge >= 0.3 is 0 Å². The van der Waals surface area contributed by atoms with Crippen molar-refractivity contribution in [2.24, 2.45) is 0 Å². The zero-order chi connectivity index (χ0) is 21.6. The lowest BCUT2D eigenvalue weighted by atomic mass is 10.0. The van der Waals surface area contributed by atoms with Gasteiger partial charge in [-0.15, -0.1) is 0 Å². The van der Waals surface area contributed by atoms with Gasteiger partial charge < -0.3 is 25.4 Å². The highest BCUT2D eigenvalue weighted by molar-refractivity contribution is 4.82. The number of hydrogen-bond donors (Lipinski definition) is 4. The first kappa shape index (κ1) is 28.8. The number of rotatable bonds is 23. The molecule has 0 bridgehead atoms. The molecule has 5 heteroatoms. The molecule has 0 saturated carbocycles. The summed E-state index contributed by atoms with van der Waals surface area (Å²) in [6, 6.07) is 0. The summed E-state index contributed by atoms with van der Waals surface area (Å²) in [5.74, 6) is 0. The van der Waals surface area contributed by atoms with Gasteiger partial charge in [0.1, 0.15) is 0 Å². The van der Waals surface area contributed by atoms with Gasteiger partial charge in [-0.2, -0.15) is 0 Å². The molecule has 0 saturated heterocycles. The molecule has 0 aliphatic rings. The van der Waals surface area contributed by atoms with Gasteiger partial charge in [-0.05, 0) is 13.3 Å². The summed E-state index contributed by atoms with van der Waals surface area (Å²) < 4.78 is 5.53. The van der Waals surface area contributed by atoms with E-state index in [1.807, 2.05) is 0 Å². The van der Waals surface area contributed by atoms with Crippen molar-refractivity contribution < 1.29 is 20.1 Å². The van der Waals surface area contributed by atoms with Crippen LogP contribution < -0.4 is 5.32 Å². The van der Waals surface area contributed by atoms with Crippen LogP contribution in [0.3, 0.4) is 0 Å². The van der Waals surface area contributed by atoms with Crippen LogP contribution in [-0.2, 0) is 4.74 Å². The van der Waals surface area contributed by atoms with Crippen molar-refractivity contribution in [3.05, 3.63) is 0 Å². The number of nitrogens with one attached hydrogen (secondary N) is 1. The molecule has 0 fully saturated rings. The van der Waals surface area contributed by atoms with E-state index in [1.165, 1.54) is 89.9 Å². The minimum atomic E-state index is -0.755. The third kappa shape index (κ3) is 19.5. The summed E-state index contributed by atoms with van der Waals surface area (Å²) in [6.07, 6.45) is 19.6. The summed E-state index contributed by atoms with van der Waals surface area (Å²) in [5, 5.41) is 31.2. The zero-order valence-corrected chi connectivity index (χ0v) is 19.5. The highest BCUT2D eigenvalue weighted by Crippen LogP contribution is 2.13. The predicted molar refractivity (Wildman–Crippen MR) is 122 cm³/mol. The quantitative estimate of drug-likeness (QED) is 0.183. The van der Waals surface area contributed by atoms with E-state index in [9.17, 15) is 15.3 Å². The van der Waals surface area contributed by atoms with Crippen LogP contribution in [0.1, 0.15) is 110 Å². The average molecular weight is 418 g/mol. The summed E-state index contributed by atoms with van der Waals surface area (Å²) in [7, 11) is 0. The van der Waals surface area contributed by atoms with Gasteiger partial charge in [0.2, 0.25) is 0 Å². The van der Waals surface area contributed by atoms with Crippen molar-refractivity contribution in [1.82, 2.24) is 5.32 Å². The Morgan fingerprint density at radius 1 is 0.724 bits per heavy atom. The monoisotopic (exact) mass is 417 g/mol. The van der Waals surface area contributed by atoms with Crippen molar-refractivity contribution in [3.63, 3.8) is 0 Å². The number of aliphatic hydroxyl groups excluding tert-OH is 3. The van der Waals surface area contributed by atoms with Crippen molar-refractivity contribution >= 4 is 0 Å². The summed E-state index contributed by atoms with van der Waals surface area (Å²) in [4.78, 5) is 0. The molecule has 0 aromatic heterocycles. The average Bonchev–Trinajstić information content (AvgIpc) is 2.74. The van der Waals surface area contributed by atoms with E-state index in [0.717, 1.165) is 6.42 Å². The predicted octanol–water partition coefficient (Wildman–Crippen LogP) is 4.57. The largest absolute Gasteiger partial charge is 0.394 e. The van der Waals surface area contributed by atoms with Gasteiger partial charge in [0, 0.05) is 13.2 Å². The first-order valence-electron chi connectivity index (χ1n) is 12.3. The molecule has 0 radical (unpaired) electrons. The number of aliphatic hydroxyl groups is 3. The molecule has 1 unspecified atom stereocenters. The molecule has 5 nitrogen and oxygen atoms in total. The van der Waals surface area contributed by atoms with E-state index in [1.54, 1.807) is 6.92 Å². The van der Waals surface area contributed by atoms with E-state index < -0.39 is 11.6 Å².